The third kappa shape index (κ3) is 3.02. The van der Waals surface area contributed by atoms with Gasteiger partial charge in [-0.3, -0.25) is 14.2 Å². The topological polar surface area (TPSA) is 79.8 Å². The van der Waals surface area contributed by atoms with E-state index in [0.717, 1.165) is 5.39 Å². The van der Waals surface area contributed by atoms with E-state index < -0.39 is 6.17 Å². The van der Waals surface area contributed by atoms with Crippen molar-refractivity contribution in [2.45, 2.75) is 13.1 Å². The molecule has 0 radical (unpaired) electrons. The van der Waals surface area contributed by atoms with Crippen LogP contribution in [0.5, 0.6) is 0 Å². The minimum absolute atomic E-state index is 0.194. The summed E-state index contributed by atoms with van der Waals surface area (Å²) in [7, 11) is 1.53. The molecule has 6 nitrogen and oxygen atoms in total. The lowest BCUT2D eigenvalue weighted by Gasteiger charge is -2.20. The smallest absolute Gasteiger partial charge is 0.274 e. The van der Waals surface area contributed by atoms with Gasteiger partial charge in [-0.2, -0.15) is 5.26 Å². The van der Waals surface area contributed by atoms with Crippen molar-refractivity contribution in [2.75, 3.05) is 5.32 Å². The van der Waals surface area contributed by atoms with Crippen LogP contribution in [0.2, 0.25) is 5.02 Å². The molecule has 0 spiro atoms. The number of nitrogens with one attached hydrogen (secondary N) is 1. The van der Waals surface area contributed by atoms with Crippen molar-refractivity contribution >= 4 is 28.2 Å². The summed E-state index contributed by atoms with van der Waals surface area (Å²) < 4.78 is 2.82. The normalized spacial score (nSPS) is 11.9. The molecule has 0 aliphatic rings. The van der Waals surface area contributed by atoms with Gasteiger partial charge >= 0.3 is 0 Å². The van der Waals surface area contributed by atoms with Crippen molar-refractivity contribution in [3.05, 3.63) is 73.9 Å². The highest BCUT2D eigenvalue weighted by atomic mass is 35.5. The van der Waals surface area contributed by atoms with Gasteiger partial charge < -0.3 is 9.88 Å². The van der Waals surface area contributed by atoms with Gasteiger partial charge in [0.2, 0.25) is 0 Å². The van der Waals surface area contributed by atoms with Gasteiger partial charge in [0.05, 0.1) is 5.52 Å². The molecule has 3 aromatic rings. The Morgan fingerprint density at radius 1 is 1.16 bits per heavy atom. The Morgan fingerprint density at radius 2 is 1.92 bits per heavy atom. The Balaban J connectivity index is 2.07. The largest absolute Gasteiger partial charge is 0.361 e. The standard InChI is InChI=1S/C18H15ClN4O2/c1-11(21-15-6-5-14(10-20)22(2)18(15)25)23-16-7-4-13(19)9-12(16)3-8-17(23)24/h3-9,11,21H,1-2H3/t11-/m0/s1. The summed E-state index contributed by atoms with van der Waals surface area (Å²) in [6.45, 7) is 1.78. The zero-order valence-electron chi connectivity index (χ0n) is 13.7. The predicted octanol–water partition coefficient (Wildman–Crippen LogP) is 2.86. The maximum atomic E-state index is 12.4. The first-order chi connectivity index (χ1) is 11.9. The first-order valence-electron chi connectivity index (χ1n) is 7.60. The van der Waals surface area contributed by atoms with Gasteiger partial charge in [-0.05, 0) is 48.7 Å². The van der Waals surface area contributed by atoms with E-state index in [2.05, 4.69) is 5.32 Å². The highest BCUT2D eigenvalue weighted by Crippen LogP contribution is 2.20. The Kier molecular flexibility index (Phi) is 4.34. The highest BCUT2D eigenvalue weighted by Gasteiger charge is 2.13. The van der Waals surface area contributed by atoms with E-state index in [0.29, 0.717) is 16.2 Å². The second kappa shape index (κ2) is 6.46. The number of rotatable bonds is 3. The first-order valence-corrected chi connectivity index (χ1v) is 7.97. The molecule has 7 heteroatoms. The van der Waals surface area contributed by atoms with Crippen molar-refractivity contribution in [3.63, 3.8) is 0 Å². The number of hydrogen-bond acceptors (Lipinski definition) is 4. The van der Waals surface area contributed by atoms with E-state index >= 15 is 0 Å². The van der Waals surface area contributed by atoms with Crippen molar-refractivity contribution in [3.8, 4) is 6.07 Å². The van der Waals surface area contributed by atoms with Crippen LogP contribution in [0.4, 0.5) is 5.69 Å². The van der Waals surface area contributed by atoms with Crippen LogP contribution in [-0.2, 0) is 7.05 Å². The molecule has 1 atom stereocenters. The average molecular weight is 355 g/mol. The number of benzene rings is 1. The Bertz CT molecular complexity index is 1120. The average Bonchev–Trinajstić information content (AvgIpc) is 2.59. The number of fused-ring (bicyclic) bond motifs is 1. The van der Waals surface area contributed by atoms with Crippen LogP contribution in [0.3, 0.4) is 0 Å². The zero-order chi connectivity index (χ0) is 18.1. The van der Waals surface area contributed by atoms with Crippen molar-refractivity contribution in [1.82, 2.24) is 9.13 Å². The molecule has 0 unspecified atom stereocenters. The molecule has 0 amide bonds. The van der Waals surface area contributed by atoms with E-state index in [4.69, 9.17) is 16.9 Å². The molecule has 0 bridgehead atoms. The van der Waals surface area contributed by atoms with Gasteiger partial charge in [0, 0.05) is 18.1 Å². The molecule has 1 aromatic carbocycles. The van der Waals surface area contributed by atoms with Crippen LogP contribution in [0.15, 0.2) is 52.1 Å². The molecule has 0 saturated carbocycles. The van der Waals surface area contributed by atoms with E-state index in [1.165, 1.54) is 17.7 Å². The van der Waals surface area contributed by atoms with E-state index in [9.17, 15) is 9.59 Å². The highest BCUT2D eigenvalue weighted by molar-refractivity contribution is 6.31. The number of halogens is 1. The van der Waals surface area contributed by atoms with Crippen LogP contribution in [0.1, 0.15) is 18.8 Å². The molecule has 2 heterocycles. The number of anilines is 1. The predicted molar refractivity (Wildman–Crippen MR) is 97.9 cm³/mol. The molecule has 3 rings (SSSR count). The summed E-state index contributed by atoms with van der Waals surface area (Å²) >= 11 is 6.01. The van der Waals surface area contributed by atoms with E-state index in [1.54, 1.807) is 47.9 Å². The lowest BCUT2D eigenvalue weighted by atomic mass is 10.2. The fourth-order valence-electron chi connectivity index (χ4n) is 2.78. The minimum Gasteiger partial charge on any atom is -0.361 e. The monoisotopic (exact) mass is 354 g/mol. The van der Waals surface area contributed by atoms with Crippen LogP contribution in [0, 0.1) is 11.3 Å². The number of hydrogen-bond donors (Lipinski definition) is 1. The molecular formula is C18H15ClN4O2. The third-order valence-electron chi connectivity index (χ3n) is 4.06. The number of nitriles is 1. The molecule has 0 aliphatic carbocycles. The van der Waals surface area contributed by atoms with Crippen LogP contribution >= 0.6 is 11.6 Å². The van der Waals surface area contributed by atoms with Crippen LogP contribution in [-0.4, -0.2) is 9.13 Å². The van der Waals surface area contributed by atoms with Crippen LogP contribution in [0.25, 0.3) is 10.9 Å². The van der Waals surface area contributed by atoms with Gasteiger partial charge in [0.15, 0.2) is 0 Å². The summed E-state index contributed by atoms with van der Waals surface area (Å²) in [5.74, 6) is 0. The van der Waals surface area contributed by atoms with Gasteiger partial charge in [0.1, 0.15) is 23.6 Å². The third-order valence-corrected chi connectivity index (χ3v) is 4.30. The van der Waals surface area contributed by atoms with Crippen molar-refractivity contribution in [1.29, 1.82) is 5.26 Å². The molecule has 0 saturated heterocycles. The number of pyridine rings is 2. The second-order valence-electron chi connectivity index (χ2n) is 5.67. The fraction of sp³-hybridized carbons (Fsp3) is 0.167. The van der Waals surface area contributed by atoms with Gasteiger partial charge in [-0.1, -0.05) is 11.6 Å². The van der Waals surface area contributed by atoms with Gasteiger partial charge in [0.25, 0.3) is 11.1 Å². The second-order valence-corrected chi connectivity index (χ2v) is 6.11. The summed E-state index contributed by atoms with van der Waals surface area (Å²) in [5.41, 5.74) is 0.761. The van der Waals surface area contributed by atoms with Crippen molar-refractivity contribution in [2.24, 2.45) is 7.05 Å². The Hall–Kier alpha value is -3.04. The number of nitrogens with zero attached hydrogens (tertiary/aromatic N) is 3. The SMILES string of the molecule is C[C@@H](Nc1ccc(C#N)n(C)c1=O)n1c(=O)ccc2cc(Cl)ccc21. The maximum Gasteiger partial charge on any atom is 0.274 e. The van der Waals surface area contributed by atoms with Crippen LogP contribution < -0.4 is 16.4 Å². The first kappa shape index (κ1) is 16.8. The summed E-state index contributed by atoms with van der Waals surface area (Å²) in [4.78, 5) is 24.7. The Morgan fingerprint density at radius 3 is 2.64 bits per heavy atom. The fourth-order valence-corrected chi connectivity index (χ4v) is 2.97. The summed E-state index contributed by atoms with van der Waals surface area (Å²) in [5, 5.41) is 13.4. The van der Waals surface area contributed by atoms with Gasteiger partial charge in [-0.15, -0.1) is 0 Å². The molecule has 126 valence electrons. The molecule has 0 fully saturated rings. The maximum absolute atomic E-state index is 12.4. The Labute approximate surface area is 148 Å². The summed E-state index contributed by atoms with van der Waals surface area (Å²) in [6, 6.07) is 13.5. The van der Waals surface area contributed by atoms with E-state index in [1.807, 2.05) is 6.07 Å². The molecule has 25 heavy (non-hydrogen) atoms. The minimum atomic E-state index is -0.474. The van der Waals surface area contributed by atoms with E-state index in [-0.39, 0.29) is 16.8 Å². The zero-order valence-corrected chi connectivity index (χ0v) is 14.4. The molecule has 2 aromatic heterocycles. The quantitative estimate of drug-likeness (QED) is 0.784. The van der Waals surface area contributed by atoms with Gasteiger partial charge in [-0.25, -0.2) is 0 Å². The molecule has 1 N–H and O–H groups in total. The van der Waals surface area contributed by atoms with Crippen molar-refractivity contribution < 1.29 is 0 Å². The molecule has 0 aliphatic heterocycles. The summed E-state index contributed by atoms with van der Waals surface area (Å²) in [6.07, 6.45) is -0.474. The lowest BCUT2D eigenvalue weighted by molar-refractivity contribution is 0.613. The molecular weight excluding hydrogens is 340 g/mol. The number of aromatic nitrogens is 2. The lowest BCUT2D eigenvalue weighted by Crippen LogP contribution is -2.30.